The summed E-state index contributed by atoms with van der Waals surface area (Å²) in [6, 6.07) is 0. The Hall–Kier alpha value is -0.0800. The van der Waals surface area contributed by atoms with Crippen LogP contribution in [-0.2, 0) is 0 Å². The van der Waals surface area contributed by atoms with E-state index in [2.05, 4.69) is 11.9 Å². The maximum absolute atomic E-state index is 9.68. The van der Waals surface area contributed by atoms with Gasteiger partial charge in [0.15, 0.2) is 0 Å². The molecule has 0 aromatic carbocycles. The van der Waals surface area contributed by atoms with Gasteiger partial charge in [-0.25, -0.2) is 0 Å². The van der Waals surface area contributed by atoms with Crippen molar-refractivity contribution in [3.05, 3.63) is 0 Å². The number of β-amino-alcohol motifs (C(OH)–C–C–N with tert-alkyl or cyclic N) is 1. The van der Waals surface area contributed by atoms with Gasteiger partial charge in [0.2, 0.25) is 0 Å². The highest BCUT2D eigenvalue weighted by Crippen LogP contribution is 2.18. The number of likely N-dealkylation sites (N-methyl/N-ethyl adjacent to an activating group) is 1. The van der Waals surface area contributed by atoms with Gasteiger partial charge in [-0.1, -0.05) is 13.8 Å². The van der Waals surface area contributed by atoms with Crippen LogP contribution in [0, 0.1) is 0 Å². The third-order valence-corrected chi connectivity index (χ3v) is 2.12. The first-order valence-electron chi connectivity index (χ1n) is 5.01. The SMILES string of the molecule is CC.CN1CCCCC(C)(O)C1. The summed E-state index contributed by atoms with van der Waals surface area (Å²) < 4.78 is 0. The van der Waals surface area contributed by atoms with Crippen LogP contribution in [-0.4, -0.2) is 35.7 Å². The number of likely N-dealkylation sites (tertiary alicyclic amines) is 1. The standard InChI is InChI=1S/C8H17NO.C2H6/c1-8(10)5-3-4-6-9(2)7-8;1-2/h10H,3-7H2,1-2H3;1-2H3. The lowest BCUT2D eigenvalue weighted by molar-refractivity contribution is 0.0301. The highest BCUT2D eigenvalue weighted by molar-refractivity contribution is 4.79. The summed E-state index contributed by atoms with van der Waals surface area (Å²) in [5, 5.41) is 9.68. The maximum atomic E-state index is 9.68. The van der Waals surface area contributed by atoms with Crippen LogP contribution in [0.25, 0.3) is 0 Å². The molecule has 1 heterocycles. The second-order valence-electron chi connectivity index (χ2n) is 3.69. The van der Waals surface area contributed by atoms with Gasteiger partial charge in [0, 0.05) is 6.54 Å². The van der Waals surface area contributed by atoms with E-state index in [-0.39, 0.29) is 0 Å². The average Bonchev–Trinajstić information content (AvgIpc) is 2.14. The Bertz CT molecular complexity index is 112. The molecule has 2 heteroatoms. The molecule has 0 aromatic rings. The molecule has 12 heavy (non-hydrogen) atoms. The molecule has 0 aromatic heterocycles. The summed E-state index contributed by atoms with van der Waals surface area (Å²) in [4.78, 5) is 2.20. The summed E-state index contributed by atoms with van der Waals surface area (Å²) in [5.74, 6) is 0. The zero-order chi connectivity index (χ0) is 9.61. The highest BCUT2D eigenvalue weighted by atomic mass is 16.3. The van der Waals surface area contributed by atoms with E-state index in [0.29, 0.717) is 0 Å². The molecule has 1 unspecified atom stereocenters. The Balaban J connectivity index is 0.000000561. The molecule has 0 spiro atoms. The number of hydrogen-bond acceptors (Lipinski definition) is 2. The minimum Gasteiger partial charge on any atom is -0.389 e. The highest BCUT2D eigenvalue weighted by Gasteiger charge is 2.24. The Labute approximate surface area is 76.6 Å². The zero-order valence-electron chi connectivity index (χ0n) is 8.93. The van der Waals surface area contributed by atoms with Crippen molar-refractivity contribution in [3.8, 4) is 0 Å². The molecule has 0 bridgehead atoms. The molecule has 0 aliphatic carbocycles. The van der Waals surface area contributed by atoms with Gasteiger partial charge < -0.3 is 10.0 Å². The molecule has 1 fully saturated rings. The normalized spacial score (nSPS) is 31.8. The lowest BCUT2D eigenvalue weighted by atomic mass is 10.0. The number of aliphatic hydroxyl groups is 1. The lowest BCUT2D eigenvalue weighted by Crippen LogP contribution is -2.36. The van der Waals surface area contributed by atoms with Crippen LogP contribution < -0.4 is 0 Å². The van der Waals surface area contributed by atoms with E-state index in [1.165, 1.54) is 6.42 Å². The van der Waals surface area contributed by atoms with Crippen LogP contribution >= 0.6 is 0 Å². The molecule has 1 saturated heterocycles. The minimum atomic E-state index is -0.439. The van der Waals surface area contributed by atoms with Crippen LogP contribution in [0.2, 0.25) is 0 Å². The van der Waals surface area contributed by atoms with E-state index in [1.807, 2.05) is 20.8 Å². The fraction of sp³-hybridized carbons (Fsp3) is 1.00. The fourth-order valence-corrected chi connectivity index (χ4v) is 1.63. The van der Waals surface area contributed by atoms with Gasteiger partial charge >= 0.3 is 0 Å². The summed E-state index contributed by atoms with van der Waals surface area (Å²) in [6.45, 7) is 7.89. The molecule has 1 rings (SSSR count). The van der Waals surface area contributed by atoms with E-state index >= 15 is 0 Å². The predicted molar refractivity (Wildman–Crippen MR) is 53.3 cm³/mol. The first-order chi connectivity index (χ1) is 5.60. The third-order valence-electron chi connectivity index (χ3n) is 2.12. The van der Waals surface area contributed by atoms with Gasteiger partial charge in [0.05, 0.1) is 5.60 Å². The lowest BCUT2D eigenvalue weighted by Gasteiger charge is -2.24. The van der Waals surface area contributed by atoms with Crippen LogP contribution in [0.4, 0.5) is 0 Å². The number of hydrogen-bond donors (Lipinski definition) is 1. The van der Waals surface area contributed by atoms with Crippen molar-refractivity contribution in [3.63, 3.8) is 0 Å². The summed E-state index contributed by atoms with van der Waals surface area (Å²) >= 11 is 0. The topological polar surface area (TPSA) is 23.5 Å². The van der Waals surface area contributed by atoms with Crippen LogP contribution in [0.1, 0.15) is 40.0 Å². The van der Waals surface area contributed by atoms with E-state index in [9.17, 15) is 5.11 Å². The van der Waals surface area contributed by atoms with E-state index in [1.54, 1.807) is 0 Å². The van der Waals surface area contributed by atoms with Crippen LogP contribution in [0.3, 0.4) is 0 Å². The first-order valence-corrected chi connectivity index (χ1v) is 5.01. The molecule has 1 aliphatic heterocycles. The van der Waals surface area contributed by atoms with Gasteiger partial charge in [0.25, 0.3) is 0 Å². The average molecular weight is 173 g/mol. The smallest absolute Gasteiger partial charge is 0.0746 e. The van der Waals surface area contributed by atoms with Crippen molar-refractivity contribution >= 4 is 0 Å². The van der Waals surface area contributed by atoms with E-state index in [0.717, 1.165) is 25.9 Å². The van der Waals surface area contributed by atoms with Gasteiger partial charge in [-0.05, 0) is 39.8 Å². The van der Waals surface area contributed by atoms with Crippen molar-refractivity contribution < 1.29 is 5.11 Å². The minimum absolute atomic E-state index is 0.439. The van der Waals surface area contributed by atoms with Crippen LogP contribution in [0.15, 0.2) is 0 Å². The van der Waals surface area contributed by atoms with Gasteiger partial charge in [-0.15, -0.1) is 0 Å². The van der Waals surface area contributed by atoms with Crippen molar-refractivity contribution in [1.29, 1.82) is 0 Å². The maximum Gasteiger partial charge on any atom is 0.0746 e. The molecular formula is C10H23NO. The summed E-state index contributed by atoms with van der Waals surface area (Å²) in [6.07, 6.45) is 3.35. The van der Waals surface area contributed by atoms with Gasteiger partial charge in [0.1, 0.15) is 0 Å². The molecule has 1 N–H and O–H groups in total. The van der Waals surface area contributed by atoms with Crippen molar-refractivity contribution in [2.45, 2.75) is 45.6 Å². The predicted octanol–water partition coefficient (Wildman–Crippen LogP) is 1.88. The molecule has 74 valence electrons. The Kier molecular flexibility index (Phi) is 5.51. The second-order valence-corrected chi connectivity index (χ2v) is 3.69. The molecule has 0 radical (unpaired) electrons. The molecule has 2 nitrogen and oxygen atoms in total. The summed E-state index contributed by atoms with van der Waals surface area (Å²) in [7, 11) is 2.07. The Morgan fingerprint density at radius 1 is 1.25 bits per heavy atom. The summed E-state index contributed by atoms with van der Waals surface area (Å²) in [5.41, 5.74) is -0.439. The van der Waals surface area contributed by atoms with Gasteiger partial charge in [-0.3, -0.25) is 0 Å². The fourth-order valence-electron chi connectivity index (χ4n) is 1.63. The Morgan fingerprint density at radius 2 is 1.83 bits per heavy atom. The van der Waals surface area contributed by atoms with Gasteiger partial charge in [-0.2, -0.15) is 0 Å². The van der Waals surface area contributed by atoms with Crippen LogP contribution in [0.5, 0.6) is 0 Å². The van der Waals surface area contributed by atoms with E-state index < -0.39 is 5.60 Å². The quantitative estimate of drug-likeness (QED) is 0.604. The molecule has 0 amide bonds. The van der Waals surface area contributed by atoms with E-state index in [4.69, 9.17) is 0 Å². The van der Waals surface area contributed by atoms with Crippen molar-refractivity contribution in [1.82, 2.24) is 4.90 Å². The molecule has 1 atom stereocenters. The molecule has 0 saturated carbocycles. The van der Waals surface area contributed by atoms with Crippen molar-refractivity contribution in [2.24, 2.45) is 0 Å². The number of rotatable bonds is 0. The zero-order valence-corrected chi connectivity index (χ0v) is 8.93. The first kappa shape index (κ1) is 11.9. The Morgan fingerprint density at radius 3 is 2.42 bits per heavy atom. The molecule has 1 aliphatic rings. The third kappa shape index (κ3) is 4.73. The molecular weight excluding hydrogens is 150 g/mol. The number of nitrogens with zero attached hydrogens (tertiary/aromatic N) is 1. The largest absolute Gasteiger partial charge is 0.389 e. The van der Waals surface area contributed by atoms with Crippen molar-refractivity contribution in [2.75, 3.05) is 20.1 Å². The second kappa shape index (κ2) is 5.55. The monoisotopic (exact) mass is 173 g/mol.